The molecule has 420 valence electrons. The average molecular weight is 1060 g/mol. The molecule has 0 radical (unpaired) electrons. The maximum absolute atomic E-state index is 13.5. The maximum Gasteiger partial charge on any atom is 0.307 e. The molecule has 13 heteroatoms. The van der Waals surface area contributed by atoms with Crippen molar-refractivity contribution in [2.75, 3.05) is 20.6 Å². The Hall–Kier alpha value is -6.50. The van der Waals surface area contributed by atoms with Gasteiger partial charge in [-0.2, -0.15) is 0 Å². The lowest BCUT2D eigenvalue weighted by molar-refractivity contribution is -0.145. The highest BCUT2D eigenvalue weighted by atomic mass is 16.5. The molecule has 0 aliphatic carbocycles. The molecule has 0 fully saturated rings. The van der Waals surface area contributed by atoms with Crippen LogP contribution in [-0.4, -0.2) is 101 Å². The van der Waals surface area contributed by atoms with E-state index in [9.17, 15) is 33.9 Å². The first-order chi connectivity index (χ1) is 37.0. The number of Topliss-reactive ketones (excluding diaryl/α,β-unsaturated/α-hetero) is 1. The van der Waals surface area contributed by atoms with E-state index < -0.39 is 30.0 Å². The fourth-order valence-electron chi connectivity index (χ4n) is 9.79. The number of carbonyl (C=O) groups is 6. The number of carboxylic acids is 1. The summed E-state index contributed by atoms with van der Waals surface area (Å²) in [4.78, 5) is 81.3. The van der Waals surface area contributed by atoms with Crippen molar-refractivity contribution in [2.24, 2.45) is 17.8 Å². The van der Waals surface area contributed by atoms with Crippen LogP contribution in [0.15, 0.2) is 109 Å². The Morgan fingerprint density at radius 3 is 2.09 bits per heavy atom. The lowest BCUT2D eigenvalue weighted by atomic mass is 9.91. The van der Waals surface area contributed by atoms with Crippen LogP contribution in [0.5, 0.6) is 11.5 Å². The molecule has 4 aromatic carbocycles. The van der Waals surface area contributed by atoms with E-state index in [1.54, 1.807) is 27.9 Å². The molecule has 0 bridgehead atoms. The zero-order valence-electron chi connectivity index (χ0n) is 47.6. The van der Waals surface area contributed by atoms with Crippen LogP contribution in [0, 0.1) is 17.8 Å². The minimum absolute atomic E-state index is 0.0430. The second-order valence-electron chi connectivity index (χ2n) is 21.1. The predicted octanol–water partition coefficient (Wildman–Crippen LogP) is 11.0. The van der Waals surface area contributed by atoms with Gasteiger partial charge < -0.3 is 35.0 Å². The van der Waals surface area contributed by atoms with E-state index in [1.165, 1.54) is 15.4 Å². The summed E-state index contributed by atoms with van der Waals surface area (Å²) in [5.74, 6) is -1.37. The van der Waals surface area contributed by atoms with Gasteiger partial charge in [0.05, 0.1) is 24.2 Å². The monoisotopic (exact) mass is 1060 g/mol. The van der Waals surface area contributed by atoms with E-state index in [0.717, 1.165) is 98.8 Å². The Bertz CT molecular complexity index is 2430. The number of ketones is 1. The number of nitrogens with one attached hydrogen (secondary N) is 2. The number of unbranched alkanes of at least 4 members (excludes halogenated alkanes) is 1. The second kappa shape index (κ2) is 33.6. The lowest BCUT2D eigenvalue weighted by Gasteiger charge is -2.30. The summed E-state index contributed by atoms with van der Waals surface area (Å²) in [5.41, 5.74) is 4.14. The van der Waals surface area contributed by atoms with Crippen molar-refractivity contribution in [2.45, 2.75) is 182 Å². The highest BCUT2D eigenvalue weighted by Crippen LogP contribution is 2.27. The van der Waals surface area contributed by atoms with Crippen molar-refractivity contribution >= 4 is 35.4 Å². The van der Waals surface area contributed by atoms with Crippen molar-refractivity contribution in [1.82, 2.24) is 20.4 Å². The second-order valence-corrected chi connectivity index (χ2v) is 21.1. The standard InChI is InChI=1S/C33H47NO5.C31H43N3O4/c1-6-8-17-27-18-12-13-19-31(27)39-24(3)20-21-28(14-7-2)32(36)34(5)25(4)30(35)23-29(33(37)38)22-26-15-10-9-11-16-26;1-5-12-26-19-18-22(2)38-28-17-10-9-15-25(28)16-11-20-32-30(36)27(21-24-13-7-6-8-14-24)33-29(35)23(3)34(4)31(26)37/h9-13,15-16,18-19,24-25,28-29H,6-8,14,17,20-23H2,1-5H3,(H,37,38);6-10,13-15,17,22-23,26-27H,5,11-12,16,18-21H2,1-4H3,(H,32,36)(H,33,35)/t24-,25-,28-,29+;22-,23-,26-,27-/m11/s1. The molecular formula is C64H90N4O9. The molecule has 5 rings (SSSR count). The predicted molar refractivity (Wildman–Crippen MR) is 306 cm³/mol. The summed E-state index contributed by atoms with van der Waals surface area (Å²) in [5, 5.41) is 15.6. The third-order valence-corrected chi connectivity index (χ3v) is 14.9. The van der Waals surface area contributed by atoms with Crippen molar-refractivity contribution in [3.05, 3.63) is 131 Å². The van der Waals surface area contributed by atoms with Gasteiger partial charge in [-0.3, -0.25) is 28.8 Å². The Morgan fingerprint density at radius 2 is 1.43 bits per heavy atom. The number of carbonyl (C=O) groups excluding carboxylic acids is 5. The van der Waals surface area contributed by atoms with E-state index in [4.69, 9.17) is 9.47 Å². The van der Waals surface area contributed by atoms with Crippen molar-refractivity contribution < 1.29 is 43.3 Å². The van der Waals surface area contributed by atoms with Crippen LogP contribution in [0.25, 0.3) is 0 Å². The van der Waals surface area contributed by atoms with Gasteiger partial charge in [-0.1, -0.05) is 137 Å². The van der Waals surface area contributed by atoms with Gasteiger partial charge in [-0.05, 0) is 133 Å². The highest BCUT2D eigenvalue weighted by molar-refractivity contribution is 5.93. The number of para-hydroxylation sites is 2. The van der Waals surface area contributed by atoms with Crippen molar-refractivity contribution in [3.8, 4) is 11.5 Å². The zero-order chi connectivity index (χ0) is 56.3. The number of aliphatic carboxylic acids is 1. The highest BCUT2D eigenvalue weighted by Gasteiger charge is 2.33. The molecule has 4 amide bonds. The third kappa shape index (κ3) is 21.1. The number of rotatable bonds is 22. The summed E-state index contributed by atoms with van der Waals surface area (Å²) >= 11 is 0. The molecular weight excluding hydrogens is 969 g/mol. The first-order valence-electron chi connectivity index (χ1n) is 28.4. The van der Waals surface area contributed by atoms with Gasteiger partial charge >= 0.3 is 5.97 Å². The van der Waals surface area contributed by atoms with Gasteiger partial charge in [0.25, 0.3) is 0 Å². The normalized spacial score (nSPS) is 19.2. The molecule has 8 atom stereocenters. The van der Waals surface area contributed by atoms with Crippen molar-refractivity contribution in [3.63, 3.8) is 0 Å². The van der Waals surface area contributed by atoms with Crippen LogP contribution in [0.3, 0.4) is 0 Å². The SMILES string of the molecule is CCCCc1ccccc1O[C@H](C)CC[C@@H](CCC)C(=O)N(C)[C@H](C)C(=O)C[C@H](Cc1ccccc1)C(=O)O.CCC[C@@H]1CC[C@@H](C)Oc2ccccc2CCCNC(=O)[C@@H](Cc2ccccc2)NC(=O)[C@@H](C)N(C)C1=O. The van der Waals surface area contributed by atoms with Crippen LogP contribution >= 0.6 is 0 Å². The summed E-state index contributed by atoms with van der Waals surface area (Å²) in [7, 11) is 3.33. The number of benzene rings is 4. The number of likely N-dealkylation sites (N-methyl/N-ethyl adjacent to an activating group) is 2. The van der Waals surface area contributed by atoms with Crippen molar-refractivity contribution in [1.29, 1.82) is 0 Å². The van der Waals surface area contributed by atoms with Gasteiger partial charge in [0.1, 0.15) is 23.6 Å². The van der Waals surface area contributed by atoms with Gasteiger partial charge in [-0.25, -0.2) is 0 Å². The molecule has 13 nitrogen and oxygen atoms in total. The Labute approximate surface area is 460 Å². The molecule has 0 unspecified atom stereocenters. The van der Waals surface area contributed by atoms with Crippen LogP contribution in [0.2, 0.25) is 0 Å². The Morgan fingerprint density at radius 1 is 0.779 bits per heavy atom. The zero-order valence-corrected chi connectivity index (χ0v) is 47.6. The molecule has 1 aliphatic rings. The largest absolute Gasteiger partial charge is 0.490 e. The number of hydrogen-bond acceptors (Lipinski definition) is 8. The van der Waals surface area contributed by atoms with Crippen LogP contribution in [-0.2, 0) is 54.5 Å². The summed E-state index contributed by atoms with van der Waals surface area (Å²) in [6, 6.07) is 33.0. The van der Waals surface area contributed by atoms with Gasteiger partial charge in [-0.15, -0.1) is 0 Å². The number of ether oxygens (including phenoxy) is 2. The topological polar surface area (TPSA) is 172 Å². The number of amides is 4. The molecule has 0 saturated carbocycles. The number of aryl methyl sites for hydroxylation is 2. The molecule has 0 aromatic heterocycles. The van der Waals surface area contributed by atoms with E-state index in [-0.39, 0.29) is 66.3 Å². The summed E-state index contributed by atoms with van der Waals surface area (Å²) < 4.78 is 12.6. The minimum atomic E-state index is -0.998. The smallest absolute Gasteiger partial charge is 0.307 e. The van der Waals surface area contributed by atoms with Gasteiger partial charge in [0, 0.05) is 45.3 Å². The van der Waals surface area contributed by atoms with Gasteiger partial charge in [0.2, 0.25) is 23.6 Å². The van der Waals surface area contributed by atoms with E-state index >= 15 is 0 Å². The molecule has 0 spiro atoms. The maximum atomic E-state index is 13.5. The van der Waals surface area contributed by atoms with E-state index in [1.807, 2.05) is 111 Å². The summed E-state index contributed by atoms with van der Waals surface area (Å²) in [6.07, 6.45) is 11.2. The molecule has 0 saturated heterocycles. The number of nitrogens with zero attached hydrogens (tertiary/aromatic N) is 2. The van der Waals surface area contributed by atoms with E-state index in [2.05, 4.69) is 43.5 Å². The lowest BCUT2D eigenvalue weighted by Crippen LogP contribution is -2.54. The average Bonchev–Trinajstić information content (AvgIpc) is 3.43. The third-order valence-electron chi connectivity index (χ3n) is 14.9. The first-order valence-corrected chi connectivity index (χ1v) is 28.4. The van der Waals surface area contributed by atoms with Crippen LogP contribution in [0.4, 0.5) is 0 Å². The summed E-state index contributed by atoms with van der Waals surface area (Å²) in [6.45, 7) is 14.3. The van der Waals surface area contributed by atoms with Crippen LogP contribution in [0.1, 0.15) is 148 Å². The molecule has 77 heavy (non-hydrogen) atoms. The molecule has 1 aliphatic heterocycles. The fourth-order valence-corrected chi connectivity index (χ4v) is 9.79. The van der Waals surface area contributed by atoms with Gasteiger partial charge in [0.15, 0.2) is 5.78 Å². The number of carboxylic acid groups (broad SMARTS) is 1. The minimum Gasteiger partial charge on any atom is -0.490 e. The quantitative estimate of drug-likeness (QED) is 0.0693. The number of fused-ring (bicyclic) bond motifs is 1. The first kappa shape index (κ1) is 63.0. The molecule has 1 heterocycles. The van der Waals surface area contributed by atoms with E-state index in [0.29, 0.717) is 25.8 Å². The Balaban J connectivity index is 0.000000333. The fraction of sp³-hybridized carbons (Fsp3) is 0.531. The number of hydrogen-bond donors (Lipinski definition) is 3. The molecule has 4 aromatic rings. The molecule has 3 N–H and O–H groups in total. The van der Waals surface area contributed by atoms with Crippen LogP contribution < -0.4 is 20.1 Å². The Kier molecular flexibility index (Phi) is 27.5.